The Morgan fingerprint density at radius 1 is 1.11 bits per heavy atom. The number of likely N-dealkylation sites (tertiary alicyclic amines) is 1. The Morgan fingerprint density at radius 2 is 1.86 bits per heavy atom. The molecule has 0 radical (unpaired) electrons. The third-order valence-corrected chi connectivity index (χ3v) is 6.89. The van der Waals surface area contributed by atoms with Crippen LogP contribution < -0.4 is 10.1 Å². The quantitative estimate of drug-likeness (QED) is 0.362. The summed E-state index contributed by atoms with van der Waals surface area (Å²) in [6, 6.07) is 17.5. The van der Waals surface area contributed by atoms with E-state index in [-0.39, 0.29) is 5.91 Å². The van der Waals surface area contributed by atoms with E-state index >= 15 is 0 Å². The summed E-state index contributed by atoms with van der Waals surface area (Å²) >= 11 is 12.1. The van der Waals surface area contributed by atoms with Crippen LogP contribution in [0.5, 0.6) is 5.75 Å². The van der Waals surface area contributed by atoms with Crippen molar-refractivity contribution in [3.05, 3.63) is 76.0 Å². The molecule has 0 bridgehead atoms. The molecule has 36 heavy (non-hydrogen) atoms. The Kier molecular flexibility index (Phi) is 9.30. The van der Waals surface area contributed by atoms with E-state index < -0.39 is 0 Å². The van der Waals surface area contributed by atoms with Gasteiger partial charge >= 0.3 is 0 Å². The monoisotopic (exact) mass is 528 g/mol. The van der Waals surface area contributed by atoms with E-state index in [1.54, 1.807) is 18.2 Å². The Hall–Kier alpha value is -2.54. The fourth-order valence-electron chi connectivity index (χ4n) is 4.48. The van der Waals surface area contributed by atoms with E-state index in [2.05, 4.69) is 42.3 Å². The van der Waals surface area contributed by atoms with Crippen LogP contribution in [0.4, 0.5) is 0 Å². The van der Waals surface area contributed by atoms with Crippen LogP contribution in [0, 0.1) is 11.8 Å². The first-order valence-electron chi connectivity index (χ1n) is 12.6. The number of aromatic nitrogens is 2. The lowest BCUT2D eigenvalue weighted by molar-refractivity contribution is -0.122. The average molecular weight is 530 g/mol. The Morgan fingerprint density at radius 3 is 2.56 bits per heavy atom. The van der Waals surface area contributed by atoms with Crippen molar-refractivity contribution in [2.24, 2.45) is 11.8 Å². The molecule has 192 valence electrons. The van der Waals surface area contributed by atoms with Crippen LogP contribution in [0.25, 0.3) is 5.69 Å². The van der Waals surface area contributed by atoms with E-state index in [0.29, 0.717) is 47.3 Å². The summed E-state index contributed by atoms with van der Waals surface area (Å²) in [6.45, 7) is 7.58. The van der Waals surface area contributed by atoms with E-state index in [1.165, 1.54) is 0 Å². The summed E-state index contributed by atoms with van der Waals surface area (Å²) < 4.78 is 7.90. The SMILES string of the molecule is CC(C)Cc1cc(CNC(=O)CN2CCC(COc3ccc(Cl)cc3Cl)CC2)nn1-c1ccccc1. The first-order valence-corrected chi connectivity index (χ1v) is 13.3. The van der Waals surface area contributed by atoms with Crippen molar-refractivity contribution >= 4 is 29.1 Å². The molecule has 6 nitrogen and oxygen atoms in total. The number of carbonyl (C=O) groups excluding carboxylic acids is 1. The van der Waals surface area contributed by atoms with Gasteiger partial charge in [0.15, 0.2) is 0 Å². The highest BCUT2D eigenvalue weighted by molar-refractivity contribution is 6.35. The van der Waals surface area contributed by atoms with Gasteiger partial charge in [-0.1, -0.05) is 55.2 Å². The smallest absolute Gasteiger partial charge is 0.234 e. The fraction of sp³-hybridized carbons (Fsp3) is 0.429. The highest BCUT2D eigenvalue weighted by Gasteiger charge is 2.22. The zero-order chi connectivity index (χ0) is 25.5. The third-order valence-electron chi connectivity index (χ3n) is 6.36. The van der Waals surface area contributed by atoms with Crippen LogP contribution in [-0.2, 0) is 17.8 Å². The summed E-state index contributed by atoms with van der Waals surface area (Å²) in [5.74, 6) is 1.65. The lowest BCUT2D eigenvalue weighted by Gasteiger charge is -2.31. The summed E-state index contributed by atoms with van der Waals surface area (Å²) in [5.41, 5.74) is 3.07. The van der Waals surface area contributed by atoms with Crippen molar-refractivity contribution in [1.29, 1.82) is 0 Å². The molecule has 1 aliphatic heterocycles. The molecule has 0 spiro atoms. The molecule has 3 aromatic rings. The van der Waals surface area contributed by atoms with Crippen molar-refractivity contribution in [2.45, 2.75) is 39.7 Å². The number of para-hydroxylation sites is 1. The predicted octanol–water partition coefficient (Wildman–Crippen LogP) is 5.78. The topological polar surface area (TPSA) is 59.4 Å². The molecule has 8 heteroatoms. The van der Waals surface area contributed by atoms with Gasteiger partial charge in [-0.25, -0.2) is 4.68 Å². The molecule has 0 atom stereocenters. The Balaban J connectivity index is 1.23. The number of hydrogen-bond acceptors (Lipinski definition) is 4. The predicted molar refractivity (Wildman–Crippen MR) is 145 cm³/mol. The summed E-state index contributed by atoms with van der Waals surface area (Å²) in [5, 5.41) is 8.96. The largest absolute Gasteiger partial charge is 0.492 e. The zero-order valence-corrected chi connectivity index (χ0v) is 22.4. The first-order chi connectivity index (χ1) is 17.4. The van der Waals surface area contributed by atoms with Crippen molar-refractivity contribution < 1.29 is 9.53 Å². The van der Waals surface area contributed by atoms with Gasteiger partial charge in [0.05, 0.1) is 36.1 Å². The molecule has 2 aromatic carbocycles. The van der Waals surface area contributed by atoms with E-state index in [1.807, 2.05) is 22.9 Å². The number of benzene rings is 2. The van der Waals surface area contributed by atoms with Gasteiger partial charge in [0.2, 0.25) is 5.91 Å². The fourth-order valence-corrected chi connectivity index (χ4v) is 4.94. The summed E-state index contributed by atoms with van der Waals surface area (Å²) in [6.07, 6.45) is 2.90. The summed E-state index contributed by atoms with van der Waals surface area (Å²) in [7, 11) is 0. The molecule has 1 aliphatic rings. The molecular weight excluding hydrogens is 495 g/mol. The van der Waals surface area contributed by atoms with Crippen LogP contribution in [-0.4, -0.2) is 46.8 Å². The van der Waals surface area contributed by atoms with Gasteiger partial charge in [0.25, 0.3) is 0 Å². The molecule has 2 heterocycles. The minimum atomic E-state index is 0.0253. The Bertz CT molecular complexity index is 1140. The average Bonchev–Trinajstić information content (AvgIpc) is 3.25. The number of nitrogens with one attached hydrogen (secondary N) is 1. The zero-order valence-electron chi connectivity index (χ0n) is 20.9. The number of hydrogen-bond donors (Lipinski definition) is 1. The molecule has 0 unspecified atom stereocenters. The molecule has 1 amide bonds. The van der Waals surface area contributed by atoms with Gasteiger partial charge in [0, 0.05) is 10.7 Å². The van der Waals surface area contributed by atoms with E-state index in [4.69, 9.17) is 33.0 Å². The van der Waals surface area contributed by atoms with Gasteiger partial charge < -0.3 is 10.1 Å². The van der Waals surface area contributed by atoms with Crippen molar-refractivity contribution in [3.63, 3.8) is 0 Å². The van der Waals surface area contributed by atoms with Gasteiger partial charge in [0.1, 0.15) is 5.75 Å². The molecule has 1 N–H and O–H groups in total. The van der Waals surface area contributed by atoms with Crippen LogP contribution in [0.2, 0.25) is 10.0 Å². The molecule has 1 fully saturated rings. The third kappa shape index (κ3) is 7.48. The number of amides is 1. The molecule has 0 saturated carbocycles. The van der Waals surface area contributed by atoms with Crippen LogP contribution >= 0.6 is 23.2 Å². The van der Waals surface area contributed by atoms with Crippen LogP contribution in [0.3, 0.4) is 0 Å². The molecule has 4 rings (SSSR count). The van der Waals surface area contributed by atoms with Crippen LogP contribution in [0.1, 0.15) is 38.1 Å². The maximum absolute atomic E-state index is 12.6. The van der Waals surface area contributed by atoms with Crippen molar-refractivity contribution in [3.8, 4) is 11.4 Å². The molecule has 1 saturated heterocycles. The highest BCUT2D eigenvalue weighted by Crippen LogP contribution is 2.29. The first kappa shape index (κ1) is 26.5. The van der Waals surface area contributed by atoms with Gasteiger partial charge in [-0.2, -0.15) is 5.10 Å². The second-order valence-corrected chi connectivity index (χ2v) is 10.7. The second-order valence-electron chi connectivity index (χ2n) is 9.85. The van der Waals surface area contributed by atoms with Gasteiger partial charge in [-0.05, 0) is 80.6 Å². The molecule has 0 aliphatic carbocycles. The number of nitrogens with zero attached hydrogens (tertiary/aromatic N) is 3. The summed E-state index contributed by atoms with van der Waals surface area (Å²) in [4.78, 5) is 14.8. The lowest BCUT2D eigenvalue weighted by Crippen LogP contribution is -2.42. The van der Waals surface area contributed by atoms with Crippen molar-refractivity contribution in [2.75, 3.05) is 26.2 Å². The second kappa shape index (κ2) is 12.6. The van der Waals surface area contributed by atoms with Crippen LogP contribution in [0.15, 0.2) is 54.6 Å². The minimum absolute atomic E-state index is 0.0253. The number of piperidine rings is 1. The number of carbonyl (C=O) groups is 1. The van der Waals surface area contributed by atoms with Crippen molar-refractivity contribution in [1.82, 2.24) is 20.0 Å². The van der Waals surface area contributed by atoms with E-state index in [9.17, 15) is 4.79 Å². The van der Waals surface area contributed by atoms with Gasteiger partial charge in [-0.15, -0.1) is 0 Å². The standard InChI is InChI=1S/C28H34Cl2N4O2/c1-20(2)14-25-16-23(32-34(25)24-6-4-3-5-7-24)17-31-28(35)18-33-12-10-21(11-13-33)19-36-27-9-8-22(29)15-26(27)30/h3-9,15-16,20-21H,10-14,17-19H2,1-2H3,(H,31,35). The lowest BCUT2D eigenvalue weighted by atomic mass is 9.98. The highest BCUT2D eigenvalue weighted by atomic mass is 35.5. The van der Waals surface area contributed by atoms with Gasteiger partial charge in [-0.3, -0.25) is 9.69 Å². The van der Waals surface area contributed by atoms with E-state index in [0.717, 1.165) is 49.4 Å². The minimum Gasteiger partial charge on any atom is -0.492 e. The maximum atomic E-state index is 12.6. The maximum Gasteiger partial charge on any atom is 0.234 e. The number of rotatable bonds is 10. The number of ether oxygens (including phenoxy) is 1. The normalized spacial score (nSPS) is 14.8. The Labute approximate surface area is 223 Å². The number of halogens is 2. The molecular formula is C28H34Cl2N4O2. The molecule has 1 aromatic heterocycles.